The highest BCUT2D eigenvalue weighted by Crippen LogP contribution is 2.16. The molecule has 0 spiro atoms. The minimum atomic E-state index is -0.777. The summed E-state index contributed by atoms with van der Waals surface area (Å²) >= 11 is 0. The van der Waals surface area contributed by atoms with Gasteiger partial charge in [-0.1, -0.05) is 256 Å². The number of carbonyl (C=O) groups is 3. The first-order valence-electron chi connectivity index (χ1n) is 29.5. The molecule has 0 aromatic rings. The number of rotatable bonds is 54. The van der Waals surface area contributed by atoms with E-state index >= 15 is 0 Å². The van der Waals surface area contributed by atoms with E-state index in [1.165, 1.54) is 199 Å². The molecule has 0 saturated heterocycles. The zero-order chi connectivity index (χ0) is 48.6. The summed E-state index contributed by atoms with van der Waals surface area (Å²) in [4.78, 5) is 38.2. The van der Waals surface area contributed by atoms with Crippen molar-refractivity contribution in [1.29, 1.82) is 0 Å². The van der Waals surface area contributed by atoms with E-state index in [9.17, 15) is 14.4 Å². The van der Waals surface area contributed by atoms with Crippen molar-refractivity contribution in [2.45, 2.75) is 322 Å². The van der Waals surface area contributed by atoms with Crippen LogP contribution in [0.1, 0.15) is 316 Å². The number of allylic oxidation sites excluding steroid dienone is 6. The van der Waals surface area contributed by atoms with E-state index in [1.54, 1.807) is 0 Å². The molecule has 0 aliphatic rings. The predicted molar refractivity (Wildman–Crippen MR) is 289 cm³/mol. The second kappa shape index (κ2) is 56.2. The fourth-order valence-electron chi connectivity index (χ4n) is 8.65. The van der Waals surface area contributed by atoms with Crippen LogP contribution >= 0.6 is 0 Å². The van der Waals surface area contributed by atoms with Gasteiger partial charge in [0.15, 0.2) is 6.10 Å². The maximum absolute atomic E-state index is 12.9. The largest absolute Gasteiger partial charge is 0.462 e. The number of ether oxygens (including phenoxy) is 3. The maximum Gasteiger partial charge on any atom is 0.306 e. The Bertz CT molecular complexity index is 1130. The van der Waals surface area contributed by atoms with Crippen LogP contribution in [-0.4, -0.2) is 37.2 Å². The van der Waals surface area contributed by atoms with Crippen molar-refractivity contribution in [3.8, 4) is 0 Å². The minimum Gasteiger partial charge on any atom is -0.462 e. The van der Waals surface area contributed by atoms with Crippen molar-refractivity contribution in [2.75, 3.05) is 13.2 Å². The first kappa shape index (κ1) is 64.6. The van der Waals surface area contributed by atoms with Crippen LogP contribution in [0.2, 0.25) is 0 Å². The van der Waals surface area contributed by atoms with Gasteiger partial charge >= 0.3 is 17.9 Å². The number of hydrogen-bond donors (Lipinski definition) is 0. The summed E-state index contributed by atoms with van der Waals surface area (Å²) in [6.07, 6.45) is 67.0. The van der Waals surface area contributed by atoms with E-state index < -0.39 is 6.10 Å². The highest BCUT2D eigenvalue weighted by Gasteiger charge is 2.19. The van der Waals surface area contributed by atoms with Crippen LogP contribution in [0.15, 0.2) is 36.5 Å². The Balaban J connectivity index is 4.36. The Morgan fingerprint density at radius 2 is 0.537 bits per heavy atom. The third-order valence-electron chi connectivity index (χ3n) is 13.1. The molecule has 67 heavy (non-hydrogen) atoms. The lowest BCUT2D eigenvalue weighted by Gasteiger charge is -2.18. The minimum absolute atomic E-state index is 0.0754. The molecule has 0 aromatic heterocycles. The van der Waals surface area contributed by atoms with Crippen LogP contribution in [0, 0.1) is 0 Å². The molecule has 0 amide bonds. The van der Waals surface area contributed by atoms with Crippen molar-refractivity contribution in [1.82, 2.24) is 0 Å². The molecule has 0 heterocycles. The molecule has 0 saturated carbocycles. The zero-order valence-corrected chi connectivity index (χ0v) is 44.9. The second-order valence-corrected chi connectivity index (χ2v) is 19.9. The van der Waals surface area contributed by atoms with E-state index in [1.807, 2.05) is 0 Å². The molecule has 0 bridgehead atoms. The topological polar surface area (TPSA) is 78.9 Å². The standard InChI is InChI=1S/C61H112O6/c1-4-7-10-13-16-19-22-25-28-30-33-36-39-42-45-48-51-54-60(63)66-57-58(56-65-59(62)53-50-47-44-41-38-35-32-27-24-21-18-15-12-9-6-3)67-61(64)55-52-49-46-43-40-37-34-31-29-26-23-20-17-14-11-8-5-2/h18,21,25,27-28,32,58H,4-17,19-20,22-24,26,29-31,33-57H2,1-3H3/t58-/m1/s1. The van der Waals surface area contributed by atoms with Crippen LogP contribution < -0.4 is 0 Å². The van der Waals surface area contributed by atoms with Gasteiger partial charge in [-0.25, -0.2) is 0 Å². The molecule has 1 atom stereocenters. The van der Waals surface area contributed by atoms with Gasteiger partial charge in [-0.15, -0.1) is 0 Å². The molecule has 0 aromatic carbocycles. The summed E-state index contributed by atoms with van der Waals surface area (Å²) in [5.41, 5.74) is 0. The first-order chi connectivity index (χ1) is 33.0. The van der Waals surface area contributed by atoms with Gasteiger partial charge in [0.05, 0.1) is 0 Å². The van der Waals surface area contributed by atoms with Gasteiger partial charge in [-0.05, 0) is 77.0 Å². The van der Waals surface area contributed by atoms with Crippen LogP contribution in [0.25, 0.3) is 0 Å². The van der Waals surface area contributed by atoms with E-state index in [-0.39, 0.29) is 31.1 Å². The van der Waals surface area contributed by atoms with Gasteiger partial charge in [0.1, 0.15) is 13.2 Å². The number of unbranched alkanes of at least 4 members (excludes halogenated alkanes) is 37. The Morgan fingerprint density at radius 1 is 0.299 bits per heavy atom. The van der Waals surface area contributed by atoms with Crippen molar-refractivity contribution >= 4 is 17.9 Å². The average Bonchev–Trinajstić information content (AvgIpc) is 3.33. The van der Waals surface area contributed by atoms with Gasteiger partial charge < -0.3 is 14.2 Å². The third kappa shape index (κ3) is 54.4. The quantitative estimate of drug-likeness (QED) is 0.0262. The van der Waals surface area contributed by atoms with Gasteiger partial charge in [-0.2, -0.15) is 0 Å². The summed E-state index contributed by atoms with van der Waals surface area (Å²) < 4.78 is 16.9. The van der Waals surface area contributed by atoms with E-state index in [0.29, 0.717) is 19.3 Å². The molecule has 6 heteroatoms. The summed E-state index contributed by atoms with van der Waals surface area (Å²) in [7, 11) is 0. The van der Waals surface area contributed by atoms with Gasteiger partial charge in [0.2, 0.25) is 0 Å². The van der Waals surface area contributed by atoms with Gasteiger partial charge in [-0.3, -0.25) is 14.4 Å². The lowest BCUT2D eigenvalue weighted by molar-refractivity contribution is -0.167. The average molecular weight is 942 g/mol. The molecule has 0 unspecified atom stereocenters. The van der Waals surface area contributed by atoms with Crippen LogP contribution in [0.5, 0.6) is 0 Å². The van der Waals surface area contributed by atoms with Gasteiger partial charge in [0, 0.05) is 19.3 Å². The van der Waals surface area contributed by atoms with E-state index in [0.717, 1.165) is 77.0 Å². The van der Waals surface area contributed by atoms with E-state index in [4.69, 9.17) is 14.2 Å². The second-order valence-electron chi connectivity index (χ2n) is 19.9. The molecule has 0 aliphatic carbocycles. The van der Waals surface area contributed by atoms with Crippen LogP contribution in [0.3, 0.4) is 0 Å². The Morgan fingerprint density at radius 3 is 0.866 bits per heavy atom. The molecular weight excluding hydrogens is 829 g/mol. The Kier molecular flexibility index (Phi) is 54.2. The molecule has 0 N–H and O–H groups in total. The fraction of sp³-hybridized carbons (Fsp3) is 0.852. The van der Waals surface area contributed by atoms with Crippen LogP contribution in [-0.2, 0) is 28.6 Å². The zero-order valence-electron chi connectivity index (χ0n) is 44.9. The van der Waals surface area contributed by atoms with Gasteiger partial charge in [0.25, 0.3) is 0 Å². The third-order valence-corrected chi connectivity index (χ3v) is 13.1. The molecule has 0 radical (unpaired) electrons. The fourth-order valence-corrected chi connectivity index (χ4v) is 8.65. The number of esters is 3. The normalized spacial score (nSPS) is 12.2. The number of carbonyl (C=O) groups excluding carboxylic acids is 3. The predicted octanol–water partition coefficient (Wildman–Crippen LogP) is 19.7. The highest BCUT2D eigenvalue weighted by atomic mass is 16.6. The molecule has 392 valence electrons. The monoisotopic (exact) mass is 941 g/mol. The van der Waals surface area contributed by atoms with Crippen molar-refractivity contribution < 1.29 is 28.6 Å². The van der Waals surface area contributed by atoms with Crippen LogP contribution in [0.4, 0.5) is 0 Å². The molecule has 0 fully saturated rings. The lowest BCUT2D eigenvalue weighted by Crippen LogP contribution is -2.30. The molecule has 0 rings (SSSR count). The van der Waals surface area contributed by atoms with Crippen molar-refractivity contribution in [3.05, 3.63) is 36.5 Å². The molecule has 6 nitrogen and oxygen atoms in total. The Labute approximate surface area is 416 Å². The number of hydrogen-bond acceptors (Lipinski definition) is 6. The molecular formula is C61H112O6. The smallest absolute Gasteiger partial charge is 0.306 e. The lowest BCUT2D eigenvalue weighted by atomic mass is 10.0. The van der Waals surface area contributed by atoms with E-state index in [2.05, 4.69) is 57.2 Å². The maximum atomic E-state index is 12.9. The summed E-state index contributed by atoms with van der Waals surface area (Å²) in [6, 6.07) is 0. The van der Waals surface area contributed by atoms with Crippen molar-refractivity contribution in [2.24, 2.45) is 0 Å². The first-order valence-corrected chi connectivity index (χ1v) is 29.5. The van der Waals surface area contributed by atoms with Crippen molar-refractivity contribution in [3.63, 3.8) is 0 Å². The molecule has 0 aliphatic heterocycles. The Hall–Kier alpha value is -2.37. The highest BCUT2D eigenvalue weighted by molar-refractivity contribution is 5.71. The summed E-state index contributed by atoms with van der Waals surface area (Å²) in [6.45, 7) is 6.64. The SMILES string of the molecule is CCCCCC=CCC=CCCCCCCCC(=O)OC[C@H](COC(=O)CCCCCCCCCC=CCCCCCCCC)OC(=O)CCCCCCCCCCCCCCCCCCC. The summed E-state index contributed by atoms with van der Waals surface area (Å²) in [5, 5.41) is 0. The summed E-state index contributed by atoms with van der Waals surface area (Å²) in [5.74, 6) is -0.874.